The summed E-state index contributed by atoms with van der Waals surface area (Å²) in [7, 11) is -16.8. The van der Waals surface area contributed by atoms with Gasteiger partial charge in [0.1, 0.15) is 18.5 Å². The van der Waals surface area contributed by atoms with Gasteiger partial charge in [-0.2, -0.15) is 13.6 Å². The first-order valence-electron chi connectivity index (χ1n) is 7.95. The van der Waals surface area contributed by atoms with Gasteiger partial charge in [-0.05, 0) is 6.92 Å². The number of aromatic nitrogens is 3. The maximum Gasteiger partial charge on any atom is 0.490 e. The van der Waals surface area contributed by atoms with E-state index in [1.165, 1.54) is 6.92 Å². The molecule has 0 aromatic carbocycles. The number of nitrogens with zero attached hydrogens (tertiary/aromatic N) is 3. The van der Waals surface area contributed by atoms with Gasteiger partial charge in [0.25, 0.3) is 0 Å². The molecule has 0 bridgehead atoms. The molecule has 0 radical (unpaired) electrons. The summed E-state index contributed by atoms with van der Waals surface area (Å²) in [4.78, 5) is 52.8. The predicted octanol–water partition coefficient (Wildman–Crippen LogP) is -1.18. The number of nitrogen functional groups attached to an aromatic ring is 1. The molecule has 0 amide bonds. The molecule has 0 aliphatic carbocycles. The van der Waals surface area contributed by atoms with Crippen molar-refractivity contribution in [2.45, 2.75) is 30.2 Å². The van der Waals surface area contributed by atoms with Gasteiger partial charge in [-0.15, -0.1) is 5.92 Å². The van der Waals surface area contributed by atoms with Gasteiger partial charge in [-0.3, -0.25) is 9.09 Å². The van der Waals surface area contributed by atoms with Gasteiger partial charge < -0.3 is 35.2 Å². The van der Waals surface area contributed by atoms with Crippen LogP contribution in [0, 0.1) is 11.8 Å². The Morgan fingerprint density at radius 3 is 2.44 bits per heavy atom. The van der Waals surface area contributed by atoms with Crippen molar-refractivity contribution >= 4 is 41.0 Å². The lowest BCUT2D eigenvalue weighted by atomic mass is 9.99. The Morgan fingerprint density at radius 1 is 1.28 bits per heavy atom. The van der Waals surface area contributed by atoms with Gasteiger partial charge in [-0.25, -0.2) is 23.5 Å². The van der Waals surface area contributed by atoms with Gasteiger partial charge in [-0.1, -0.05) is 17.5 Å². The van der Waals surface area contributed by atoms with E-state index in [2.05, 4.69) is 35.0 Å². The molecule has 1 fully saturated rings. The van der Waals surface area contributed by atoms with E-state index in [4.69, 9.17) is 36.8 Å². The summed E-state index contributed by atoms with van der Waals surface area (Å²) in [5, 5.41) is 10.5. The number of hydrogen-bond acceptors (Lipinski definition) is 12. The molecule has 0 saturated carbocycles. The topological polar surface area (TPSA) is 263 Å². The molecule has 180 valence electrons. The second-order valence-corrected chi connectivity index (χ2v) is 11.0. The highest BCUT2D eigenvalue weighted by Crippen LogP contribution is 2.66. The second-order valence-electron chi connectivity index (χ2n) is 5.91. The zero-order chi connectivity index (χ0) is 24.5. The number of phosphoric ester groups is 1. The number of nitrogens with two attached hydrogens (primary N) is 1. The molecule has 6 atom stereocenters. The molecule has 1 aliphatic rings. The molecule has 0 spiro atoms. The fourth-order valence-corrected chi connectivity index (χ4v) is 5.89. The first-order valence-corrected chi connectivity index (χ1v) is 12.8. The van der Waals surface area contributed by atoms with E-state index >= 15 is 0 Å². The Labute approximate surface area is 183 Å². The van der Waals surface area contributed by atoms with Crippen LogP contribution >= 0.6 is 35.1 Å². The molecule has 3 unspecified atom stereocenters. The van der Waals surface area contributed by atoms with Crippen LogP contribution in [0.4, 0.5) is 5.95 Å². The van der Waals surface area contributed by atoms with Crippen molar-refractivity contribution in [1.29, 1.82) is 0 Å². The van der Waals surface area contributed by atoms with E-state index in [0.717, 1.165) is 10.9 Å². The Balaban J connectivity index is 2.23. The van der Waals surface area contributed by atoms with Crippen LogP contribution in [0.15, 0.2) is 11.1 Å². The number of rotatable bonds is 8. The zero-order valence-corrected chi connectivity index (χ0v) is 19.1. The summed E-state index contributed by atoms with van der Waals surface area (Å²) in [6, 6.07) is 0. The van der Waals surface area contributed by atoms with Crippen molar-refractivity contribution in [3.8, 4) is 11.8 Å². The molecule has 1 aliphatic heterocycles. The Hall–Kier alpha value is -1.21. The van der Waals surface area contributed by atoms with Crippen molar-refractivity contribution in [3.63, 3.8) is 0 Å². The quantitative estimate of drug-likeness (QED) is 0.129. The fourth-order valence-electron chi connectivity index (χ4n) is 2.47. The van der Waals surface area contributed by atoms with Crippen LogP contribution in [0.1, 0.15) is 13.2 Å². The molecule has 32 heavy (non-hydrogen) atoms. The Bertz CT molecular complexity index is 1130. The van der Waals surface area contributed by atoms with Crippen LogP contribution < -0.4 is 11.4 Å². The maximum absolute atomic E-state index is 12.1. The Morgan fingerprint density at radius 2 is 1.91 bits per heavy atom. The first-order chi connectivity index (χ1) is 14.5. The van der Waals surface area contributed by atoms with Crippen LogP contribution in [0.25, 0.3) is 0 Å². The standard InChI is InChI=1S/C11H16ClN4O13P3/c1-2-3-11(12)7(17)6(27-8(11)16-5-14-9(13)15-10(16)18)4-26-31(22,23)29-32(24,25)28-30(19,20)21/h5-8,17H,4H2,1H3,(H,22,23)(H,24,25)(H2,13,15,18)(H2,19,20,21)/t6-,7+,8-,11?/m1/s1. The lowest BCUT2D eigenvalue weighted by Gasteiger charge is -2.25. The second kappa shape index (κ2) is 9.57. The SMILES string of the molecule is CC#CC1(Cl)[C@@H](O)[C@@H](COP(=O)(O)OP(=O)(O)OP(=O)(O)O)O[C@H]1n1cnc(N)nc1=O. The van der Waals surface area contributed by atoms with Crippen molar-refractivity contribution in [2.75, 3.05) is 12.3 Å². The third-order valence-corrected chi connectivity index (χ3v) is 7.89. The minimum absolute atomic E-state index is 0.365. The molecule has 17 nitrogen and oxygen atoms in total. The summed E-state index contributed by atoms with van der Waals surface area (Å²) < 4.78 is 51.6. The molecular formula is C11H16ClN4O13P3. The first kappa shape index (κ1) is 27.0. The van der Waals surface area contributed by atoms with E-state index in [1.807, 2.05) is 0 Å². The number of alkyl halides is 1. The van der Waals surface area contributed by atoms with Crippen LogP contribution in [-0.4, -0.2) is 62.9 Å². The highest BCUT2D eigenvalue weighted by atomic mass is 35.5. The van der Waals surface area contributed by atoms with E-state index in [1.54, 1.807) is 0 Å². The summed E-state index contributed by atoms with van der Waals surface area (Å²) in [6.07, 6.45) is -4.00. The third kappa shape index (κ3) is 6.66. The number of anilines is 1. The number of aliphatic hydroxyl groups is 1. The van der Waals surface area contributed by atoms with E-state index in [0.29, 0.717) is 0 Å². The molecule has 1 aromatic heterocycles. The third-order valence-electron chi connectivity index (χ3n) is 3.58. The molecule has 21 heteroatoms. The summed E-state index contributed by atoms with van der Waals surface area (Å²) in [5.74, 6) is 4.50. The van der Waals surface area contributed by atoms with Gasteiger partial charge >= 0.3 is 29.2 Å². The highest BCUT2D eigenvalue weighted by Gasteiger charge is 2.56. The van der Waals surface area contributed by atoms with Crippen LogP contribution in [-0.2, 0) is 31.6 Å². The van der Waals surface area contributed by atoms with Crippen molar-refractivity contribution in [2.24, 2.45) is 0 Å². The maximum atomic E-state index is 12.1. The average Bonchev–Trinajstić information content (AvgIpc) is 2.82. The van der Waals surface area contributed by atoms with Crippen molar-refractivity contribution in [1.82, 2.24) is 14.5 Å². The van der Waals surface area contributed by atoms with Gasteiger partial charge in [0.05, 0.1) is 6.61 Å². The zero-order valence-electron chi connectivity index (χ0n) is 15.7. The lowest BCUT2D eigenvalue weighted by molar-refractivity contribution is -0.0458. The largest absolute Gasteiger partial charge is 0.490 e. The van der Waals surface area contributed by atoms with E-state index in [-0.39, 0.29) is 5.95 Å². The van der Waals surface area contributed by atoms with Crippen molar-refractivity contribution < 1.29 is 56.3 Å². The van der Waals surface area contributed by atoms with Crippen molar-refractivity contribution in [3.05, 3.63) is 16.8 Å². The monoisotopic (exact) mass is 540 g/mol. The number of aliphatic hydroxyl groups excluding tert-OH is 1. The Kier molecular flexibility index (Phi) is 8.09. The van der Waals surface area contributed by atoms with Crippen LogP contribution in [0.2, 0.25) is 0 Å². The highest BCUT2D eigenvalue weighted by molar-refractivity contribution is 7.66. The number of phosphoric acid groups is 3. The summed E-state index contributed by atoms with van der Waals surface area (Å²) in [5.41, 5.74) is 4.33. The minimum Gasteiger partial charge on any atom is -0.387 e. The minimum atomic E-state index is -5.75. The molecular weight excluding hydrogens is 525 g/mol. The van der Waals surface area contributed by atoms with E-state index < -0.39 is 59.1 Å². The summed E-state index contributed by atoms with van der Waals surface area (Å²) in [6.45, 7) is 0.321. The molecule has 1 aromatic rings. The van der Waals surface area contributed by atoms with Gasteiger partial charge in [0, 0.05) is 0 Å². The number of hydrogen-bond donors (Lipinski definition) is 6. The lowest BCUT2D eigenvalue weighted by Crippen LogP contribution is -2.43. The molecule has 7 N–H and O–H groups in total. The average molecular weight is 541 g/mol. The van der Waals surface area contributed by atoms with Gasteiger partial charge in [0.15, 0.2) is 11.1 Å². The molecule has 1 saturated heterocycles. The molecule has 2 heterocycles. The summed E-state index contributed by atoms with van der Waals surface area (Å²) >= 11 is 6.35. The van der Waals surface area contributed by atoms with Crippen LogP contribution in [0.3, 0.4) is 0 Å². The smallest absolute Gasteiger partial charge is 0.387 e. The molecule has 2 rings (SSSR count). The van der Waals surface area contributed by atoms with E-state index in [9.17, 15) is 28.5 Å². The van der Waals surface area contributed by atoms with Crippen LogP contribution in [0.5, 0.6) is 0 Å². The van der Waals surface area contributed by atoms with Gasteiger partial charge in [0.2, 0.25) is 5.95 Å². The fraction of sp³-hybridized carbons (Fsp3) is 0.545. The number of halogens is 1. The number of ether oxygens (including phenoxy) is 1. The predicted molar refractivity (Wildman–Crippen MR) is 102 cm³/mol. The normalized spacial score (nSPS) is 29.5.